The average molecular weight is 454 g/mol. The zero-order valence-corrected chi connectivity index (χ0v) is 18.9. The van der Waals surface area contributed by atoms with Crippen LogP contribution in [0.25, 0.3) is 11.1 Å². The molecule has 1 aromatic carbocycles. The predicted octanol–water partition coefficient (Wildman–Crippen LogP) is 5.78. The van der Waals surface area contributed by atoms with E-state index < -0.39 is 23.3 Å². The third-order valence-corrected chi connectivity index (χ3v) is 5.89. The number of fused-ring (bicyclic) bond motifs is 1. The van der Waals surface area contributed by atoms with Gasteiger partial charge in [0.05, 0.1) is 18.3 Å². The second-order valence-electron chi connectivity index (χ2n) is 8.63. The van der Waals surface area contributed by atoms with Gasteiger partial charge in [-0.25, -0.2) is 18.2 Å². The van der Waals surface area contributed by atoms with Crippen LogP contribution in [0, 0.1) is 11.6 Å². The zero-order chi connectivity index (χ0) is 23.9. The van der Waals surface area contributed by atoms with Crippen molar-refractivity contribution in [3.8, 4) is 11.1 Å². The normalized spacial score (nSPS) is 14.4. The minimum Gasteiger partial charge on any atom is -0.363 e. The maximum absolute atomic E-state index is 15.1. The molecule has 0 radical (unpaired) electrons. The molecule has 0 spiro atoms. The summed E-state index contributed by atoms with van der Waals surface area (Å²) in [7, 11) is 0. The topological polar surface area (TPSA) is 58.1 Å². The summed E-state index contributed by atoms with van der Waals surface area (Å²) in [4.78, 5) is 22.4. The molecule has 1 aliphatic heterocycles. The maximum atomic E-state index is 15.1. The Morgan fingerprint density at radius 2 is 1.82 bits per heavy atom. The van der Waals surface area contributed by atoms with Gasteiger partial charge in [-0.05, 0) is 63.6 Å². The summed E-state index contributed by atoms with van der Waals surface area (Å²) in [6.07, 6.45) is 2.91. The molecule has 1 N–H and O–H groups in total. The van der Waals surface area contributed by atoms with Crippen molar-refractivity contribution in [3.63, 3.8) is 0 Å². The number of alkyl halides is 1. The molecule has 5 nitrogen and oxygen atoms in total. The molecule has 3 aromatic rings. The zero-order valence-electron chi connectivity index (χ0n) is 18.9. The van der Waals surface area contributed by atoms with Crippen LogP contribution in [-0.2, 0) is 12.2 Å². The molecule has 0 saturated carbocycles. The van der Waals surface area contributed by atoms with Gasteiger partial charge >= 0.3 is 0 Å². The Morgan fingerprint density at radius 3 is 2.52 bits per heavy atom. The summed E-state index contributed by atoms with van der Waals surface area (Å²) in [5, 5.41) is 3.12. The van der Waals surface area contributed by atoms with Gasteiger partial charge in [0.1, 0.15) is 23.1 Å². The maximum Gasteiger partial charge on any atom is 0.254 e. The number of anilines is 1. The van der Waals surface area contributed by atoms with Crippen LogP contribution in [0.15, 0.2) is 42.7 Å². The number of hydrogen-bond donors (Lipinski definition) is 1. The van der Waals surface area contributed by atoms with Crippen LogP contribution < -0.4 is 5.32 Å². The number of amides is 1. The Bertz CT molecular complexity index is 1220. The fraction of sp³-hybridized carbons (Fsp3) is 0.320. The Hall–Kier alpha value is -3.42. The minimum absolute atomic E-state index is 0.0271. The van der Waals surface area contributed by atoms with Crippen LogP contribution in [0.1, 0.15) is 60.9 Å². The van der Waals surface area contributed by atoms with Crippen molar-refractivity contribution in [1.82, 2.24) is 14.9 Å². The van der Waals surface area contributed by atoms with Crippen LogP contribution in [0.2, 0.25) is 0 Å². The molecule has 1 aliphatic rings. The number of benzene rings is 1. The van der Waals surface area contributed by atoms with E-state index in [2.05, 4.69) is 15.3 Å². The monoisotopic (exact) mass is 454 g/mol. The number of halogens is 3. The number of pyridine rings is 2. The third-order valence-electron chi connectivity index (χ3n) is 5.89. The highest BCUT2D eigenvalue weighted by atomic mass is 19.1. The molecule has 1 atom stereocenters. The van der Waals surface area contributed by atoms with Crippen LogP contribution in [0.4, 0.5) is 19.0 Å². The number of nitrogens with one attached hydrogen (secondary N) is 1. The van der Waals surface area contributed by atoms with Gasteiger partial charge in [0.25, 0.3) is 5.91 Å². The Balaban J connectivity index is 1.64. The first kappa shape index (κ1) is 22.8. The molecule has 0 fully saturated rings. The molecule has 1 amide bonds. The third kappa shape index (κ3) is 4.29. The van der Waals surface area contributed by atoms with Gasteiger partial charge in [-0.1, -0.05) is 0 Å². The van der Waals surface area contributed by atoms with Gasteiger partial charge in [0, 0.05) is 41.2 Å². The van der Waals surface area contributed by atoms with Crippen molar-refractivity contribution in [1.29, 1.82) is 0 Å². The van der Waals surface area contributed by atoms with Gasteiger partial charge in [-0.3, -0.25) is 9.78 Å². The first-order chi connectivity index (χ1) is 15.6. The molecule has 0 saturated heterocycles. The van der Waals surface area contributed by atoms with Crippen molar-refractivity contribution < 1.29 is 18.0 Å². The number of aromatic nitrogens is 2. The molecule has 0 bridgehead atoms. The lowest BCUT2D eigenvalue weighted by Gasteiger charge is -2.19. The summed E-state index contributed by atoms with van der Waals surface area (Å²) >= 11 is 0. The molecule has 4 rings (SSSR count). The molecule has 0 unspecified atom stereocenters. The predicted molar refractivity (Wildman–Crippen MR) is 120 cm³/mol. The summed E-state index contributed by atoms with van der Waals surface area (Å²) in [5.74, 6) is -0.840. The number of rotatable bonds is 6. The second-order valence-corrected chi connectivity index (χ2v) is 8.63. The Morgan fingerprint density at radius 1 is 1.09 bits per heavy atom. The fourth-order valence-electron chi connectivity index (χ4n) is 3.99. The SMILES string of the molecule is CCN1Cc2c(ccnc2N[C@@H](C)c2cc(F)c(-c3ccnc(C(C)(C)F)c3)cc2F)C1=O. The molecule has 3 heterocycles. The van der Waals surface area contributed by atoms with E-state index >= 15 is 8.78 Å². The van der Waals surface area contributed by atoms with Crippen molar-refractivity contribution in [3.05, 3.63) is 76.7 Å². The van der Waals surface area contributed by atoms with E-state index in [-0.39, 0.29) is 22.7 Å². The molecular formula is C25H25F3N4O. The number of hydrogen-bond acceptors (Lipinski definition) is 4. The number of carbonyl (C=O) groups is 1. The van der Waals surface area contributed by atoms with Gasteiger partial charge in [-0.2, -0.15) is 0 Å². The lowest BCUT2D eigenvalue weighted by molar-refractivity contribution is 0.0787. The molecule has 2 aromatic heterocycles. The first-order valence-electron chi connectivity index (χ1n) is 10.8. The number of nitrogens with zero attached hydrogens (tertiary/aromatic N) is 3. The summed E-state index contributed by atoms with van der Waals surface area (Å²) in [6.45, 7) is 7.29. The van der Waals surface area contributed by atoms with Crippen molar-refractivity contribution in [2.75, 3.05) is 11.9 Å². The summed E-state index contributed by atoms with van der Waals surface area (Å²) in [6, 6.07) is 6.24. The van der Waals surface area contributed by atoms with Crippen molar-refractivity contribution in [2.45, 2.75) is 46.0 Å². The highest BCUT2D eigenvalue weighted by molar-refractivity contribution is 5.99. The van der Waals surface area contributed by atoms with E-state index in [0.29, 0.717) is 30.0 Å². The smallest absolute Gasteiger partial charge is 0.254 e. The largest absolute Gasteiger partial charge is 0.363 e. The lowest BCUT2D eigenvalue weighted by atomic mass is 9.97. The average Bonchev–Trinajstić information content (AvgIpc) is 3.11. The second kappa shape index (κ2) is 8.50. The molecule has 33 heavy (non-hydrogen) atoms. The Labute approximate surface area is 190 Å². The van der Waals surface area contributed by atoms with Crippen LogP contribution in [-0.4, -0.2) is 27.3 Å². The van der Waals surface area contributed by atoms with Gasteiger partial charge in [0.2, 0.25) is 0 Å². The van der Waals surface area contributed by atoms with Gasteiger partial charge in [0.15, 0.2) is 0 Å². The summed E-state index contributed by atoms with van der Waals surface area (Å²) < 4.78 is 44.4. The Kier molecular flexibility index (Phi) is 5.86. The fourth-order valence-corrected chi connectivity index (χ4v) is 3.99. The van der Waals surface area contributed by atoms with Crippen LogP contribution in [0.3, 0.4) is 0 Å². The lowest BCUT2D eigenvalue weighted by Crippen LogP contribution is -2.22. The molecule has 172 valence electrons. The first-order valence-corrected chi connectivity index (χ1v) is 10.8. The van der Waals surface area contributed by atoms with E-state index in [4.69, 9.17) is 0 Å². The quantitative estimate of drug-likeness (QED) is 0.513. The van der Waals surface area contributed by atoms with Crippen LogP contribution >= 0.6 is 0 Å². The molecular weight excluding hydrogens is 429 g/mol. The highest BCUT2D eigenvalue weighted by Crippen LogP contribution is 2.33. The summed E-state index contributed by atoms with van der Waals surface area (Å²) in [5.41, 5.74) is 0.223. The van der Waals surface area contributed by atoms with Crippen LogP contribution in [0.5, 0.6) is 0 Å². The van der Waals surface area contributed by atoms with E-state index in [1.54, 1.807) is 17.9 Å². The van der Waals surface area contributed by atoms with Crippen molar-refractivity contribution >= 4 is 11.7 Å². The van der Waals surface area contributed by atoms with Crippen molar-refractivity contribution in [2.24, 2.45) is 0 Å². The molecule has 0 aliphatic carbocycles. The minimum atomic E-state index is -1.71. The highest BCUT2D eigenvalue weighted by Gasteiger charge is 2.29. The van der Waals surface area contributed by atoms with E-state index in [9.17, 15) is 9.18 Å². The standard InChI is InChI=1S/C25H25F3N4O/c1-5-32-13-19-16(24(32)33)7-9-30-23(19)31-14(2)17-11-21(27)18(12-20(17)26)15-6-8-29-22(10-15)25(3,4)28/h6-12,14H,5,13H2,1-4H3,(H,30,31)/t14-/m0/s1. The number of carbonyl (C=O) groups excluding carboxylic acids is 1. The van der Waals surface area contributed by atoms with Gasteiger partial charge < -0.3 is 10.2 Å². The van der Waals surface area contributed by atoms with Gasteiger partial charge in [-0.15, -0.1) is 0 Å². The van der Waals surface area contributed by atoms with E-state index in [0.717, 1.165) is 17.7 Å². The van der Waals surface area contributed by atoms with E-state index in [1.165, 1.54) is 38.4 Å². The van der Waals surface area contributed by atoms with E-state index in [1.807, 2.05) is 6.92 Å². The molecule has 8 heteroatoms.